The van der Waals surface area contributed by atoms with Gasteiger partial charge in [0.15, 0.2) is 11.5 Å². The van der Waals surface area contributed by atoms with Crippen LogP contribution in [-0.4, -0.2) is 15.1 Å². The van der Waals surface area contributed by atoms with E-state index in [4.69, 9.17) is 0 Å². The van der Waals surface area contributed by atoms with Crippen LogP contribution in [0.15, 0.2) is 52.7 Å². The second kappa shape index (κ2) is 5.13. The fourth-order valence-electron chi connectivity index (χ4n) is 1.38. The number of aromatic hydroxyl groups is 2. The summed E-state index contributed by atoms with van der Waals surface area (Å²) in [5.41, 5.74) is 0.250. The number of azo groups is 1. The normalized spacial score (nSPS) is 10.7. The van der Waals surface area contributed by atoms with E-state index < -0.39 is 10.7 Å². The van der Waals surface area contributed by atoms with Crippen molar-refractivity contribution in [2.24, 2.45) is 10.2 Å². The molecular formula is C12H9N3O4. The van der Waals surface area contributed by atoms with Crippen LogP contribution < -0.4 is 0 Å². The van der Waals surface area contributed by atoms with Crippen LogP contribution in [0.1, 0.15) is 0 Å². The zero-order valence-corrected chi connectivity index (χ0v) is 9.59. The van der Waals surface area contributed by atoms with Gasteiger partial charge in [-0.3, -0.25) is 10.1 Å². The number of nitro benzene ring substituents is 1. The van der Waals surface area contributed by atoms with E-state index in [1.807, 2.05) is 0 Å². The Morgan fingerprint density at radius 1 is 1.05 bits per heavy atom. The Kier molecular flexibility index (Phi) is 3.37. The van der Waals surface area contributed by atoms with Crippen molar-refractivity contribution in [3.8, 4) is 11.5 Å². The standard InChI is InChI=1S/C12H9N3O4/c16-11-6-2-5-10(12(11)17)14-13-8-3-1-4-9(7-8)15(18)19/h1-7,16-17H. The van der Waals surface area contributed by atoms with Gasteiger partial charge in [-0.1, -0.05) is 12.1 Å². The summed E-state index contributed by atoms with van der Waals surface area (Å²) in [4.78, 5) is 10.0. The van der Waals surface area contributed by atoms with Crippen molar-refractivity contribution in [1.29, 1.82) is 0 Å². The lowest BCUT2D eigenvalue weighted by molar-refractivity contribution is -0.384. The van der Waals surface area contributed by atoms with Crippen molar-refractivity contribution >= 4 is 17.1 Å². The summed E-state index contributed by atoms with van der Waals surface area (Å²) in [7, 11) is 0. The van der Waals surface area contributed by atoms with Crippen molar-refractivity contribution in [3.05, 3.63) is 52.6 Å². The first kappa shape index (κ1) is 12.5. The predicted molar refractivity (Wildman–Crippen MR) is 67.0 cm³/mol. The molecule has 0 atom stereocenters. The number of rotatable bonds is 3. The number of nitrogens with zero attached hydrogens (tertiary/aromatic N) is 3. The molecule has 0 heterocycles. The molecule has 0 aliphatic heterocycles. The third kappa shape index (κ3) is 2.83. The maximum Gasteiger partial charge on any atom is 0.271 e. The topological polar surface area (TPSA) is 108 Å². The van der Waals surface area contributed by atoms with Crippen molar-refractivity contribution in [2.75, 3.05) is 0 Å². The molecular weight excluding hydrogens is 250 g/mol. The summed E-state index contributed by atoms with van der Waals surface area (Å²) in [5, 5.41) is 36.9. The summed E-state index contributed by atoms with van der Waals surface area (Å²) < 4.78 is 0. The molecule has 19 heavy (non-hydrogen) atoms. The van der Waals surface area contributed by atoms with Crippen LogP contribution in [0.4, 0.5) is 17.1 Å². The largest absolute Gasteiger partial charge is 0.504 e. The Labute approximate surface area is 107 Å². The molecule has 0 aliphatic carbocycles. The van der Waals surface area contributed by atoms with E-state index >= 15 is 0 Å². The minimum Gasteiger partial charge on any atom is -0.504 e. The van der Waals surface area contributed by atoms with Crippen molar-refractivity contribution < 1.29 is 15.1 Å². The Morgan fingerprint density at radius 3 is 2.53 bits per heavy atom. The van der Waals surface area contributed by atoms with Crippen LogP contribution in [0.25, 0.3) is 0 Å². The second-order valence-electron chi connectivity index (χ2n) is 3.62. The molecule has 0 unspecified atom stereocenters. The van der Waals surface area contributed by atoms with Crippen LogP contribution >= 0.6 is 0 Å². The van der Waals surface area contributed by atoms with Crippen LogP contribution in [0.2, 0.25) is 0 Å². The Morgan fingerprint density at radius 2 is 1.79 bits per heavy atom. The predicted octanol–water partition coefficient (Wildman–Crippen LogP) is 3.42. The van der Waals surface area contributed by atoms with Gasteiger partial charge in [0, 0.05) is 12.1 Å². The minimum absolute atomic E-state index is 0.0755. The summed E-state index contributed by atoms with van der Waals surface area (Å²) in [6.07, 6.45) is 0. The first-order chi connectivity index (χ1) is 9.08. The Balaban J connectivity index is 2.30. The molecule has 0 saturated carbocycles. The summed E-state index contributed by atoms with van der Waals surface area (Å²) in [6.45, 7) is 0. The quantitative estimate of drug-likeness (QED) is 0.381. The number of hydrogen-bond donors (Lipinski definition) is 2. The molecule has 7 heteroatoms. The van der Waals surface area contributed by atoms with Gasteiger partial charge >= 0.3 is 0 Å². The molecule has 0 radical (unpaired) electrons. The van der Waals surface area contributed by atoms with E-state index in [0.717, 1.165) is 0 Å². The highest BCUT2D eigenvalue weighted by Crippen LogP contribution is 2.35. The van der Waals surface area contributed by atoms with Gasteiger partial charge in [0.1, 0.15) is 5.69 Å². The van der Waals surface area contributed by atoms with Gasteiger partial charge in [0.05, 0.1) is 10.6 Å². The Hall–Kier alpha value is -2.96. The molecule has 0 aliphatic rings. The first-order valence-electron chi connectivity index (χ1n) is 5.25. The summed E-state index contributed by atoms with van der Waals surface area (Å²) in [6, 6.07) is 9.87. The summed E-state index contributed by atoms with van der Waals surface area (Å²) >= 11 is 0. The molecule has 2 rings (SSSR count). The average molecular weight is 259 g/mol. The van der Waals surface area contributed by atoms with E-state index in [0.29, 0.717) is 0 Å². The van der Waals surface area contributed by atoms with E-state index in [1.165, 1.54) is 42.5 Å². The molecule has 0 bridgehead atoms. The monoisotopic (exact) mass is 259 g/mol. The van der Waals surface area contributed by atoms with E-state index in [9.17, 15) is 20.3 Å². The molecule has 7 nitrogen and oxygen atoms in total. The highest BCUT2D eigenvalue weighted by molar-refractivity contribution is 5.58. The molecule has 2 N–H and O–H groups in total. The van der Waals surface area contributed by atoms with Crippen LogP contribution in [0.5, 0.6) is 11.5 Å². The molecule has 0 spiro atoms. The third-order valence-electron chi connectivity index (χ3n) is 2.31. The highest BCUT2D eigenvalue weighted by Gasteiger charge is 2.06. The van der Waals surface area contributed by atoms with Gasteiger partial charge in [-0.05, 0) is 18.2 Å². The number of phenols is 2. The molecule has 2 aromatic rings. The number of para-hydroxylation sites is 1. The molecule has 96 valence electrons. The van der Waals surface area contributed by atoms with Gasteiger partial charge < -0.3 is 10.2 Å². The van der Waals surface area contributed by atoms with Crippen LogP contribution in [0.3, 0.4) is 0 Å². The SMILES string of the molecule is O=[N+]([O-])c1cccc(N=Nc2cccc(O)c2O)c1. The Bertz CT molecular complexity index is 655. The number of hydrogen-bond acceptors (Lipinski definition) is 6. The zero-order chi connectivity index (χ0) is 13.8. The number of benzene rings is 2. The van der Waals surface area contributed by atoms with Gasteiger partial charge in [-0.25, -0.2) is 0 Å². The molecule has 0 aromatic heterocycles. The van der Waals surface area contributed by atoms with Gasteiger partial charge in [-0.2, -0.15) is 5.11 Å². The fourth-order valence-corrected chi connectivity index (χ4v) is 1.38. The third-order valence-corrected chi connectivity index (χ3v) is 2.31. The van der Waals surface area contributed by atoms with Crippen LogP contribution in [0, 0.1) is 10.1 Å². The van der Waals surface area contributed by atoms with Gasteiger partial charge in [-0.15, -0.1) is 5.11 Å². The molecule has 0 saturated heterocycles. The fraction of sp³-hybridized carbons (Fsp3) is 0. The van der Waals surface area contributed by atoms with E-state index in [2.05, 4.69) is 10.2 Å². The zero-order valence-electron chi connectivity index (χ0n) is 9.59. The van der Waals surface area contributed by atoms with Crippen LogP contribution in [-0.2, 0) is 0 Å². The van der Waals surface area contributed by atoms with Crippen molar-refractivity contribution in [1.82, 2.24) is 0 Å². The number of non-ortho nitro benzene ring substituents is 1. The van der Waals surface area contributed by atoms with Gasteiger partial charge in [0.25, 0.3) is 5.69 Å². The van der Waals surface area contributed by atoms with Crippen molar-refractivity contribution in [3.63, 3.8) is 0 Å². The lowest BCUT2D eigenvalue weighted by atomic mass is 10.3. The number of nitro groups is 1. The van der Waals surface area contributed by atoms with Gasteiger partial charge in [0.2, 0.25) is 0 Å². The highest BCUT2D eigenvalue weighted by atomic mass is 16.6. The lowest BCUT2D eigenvalue weighted by Gasteiger charge is -1.99. The maximum absolute atomic E-state index is 10.6. The molecule has 0 fully saturated rings. The van der Waals surface area contributed by atoms with E-state index in [-0.39, 0.29) is 22.8 Å². The molecule has 2 aromatic carbocycles. The smallest absolute Gasteiger partial charge is 0.271 e. The average Bonchev–Trinajstić information content (AvgIpc) is 2.41. The lowest BCUT2D eigenvalue weighted by Crippen LogP contribution is -1.85. The number of phenolic OH excluding ortho intramolecular Hbond substituents is 2. The molecule has 0 amide bonds. The van der Waals surface area contributed by atoms with Crippen molar-refractivity contribution in [2.45, 2.75) is 0 Å². The van der Waals surface area contributed by atoms with E-state index in [1.54, 1.807) is 0 Å². The maximum atomic E-state index is 10.6. The first-order valence-corrected chi connectivity index (χ1v) is 5.25. The second-order valence-corrected chi connectivity index (χ2v) is 3.62. The summed E-state index contributed by atoms with van der Waals surface area (Å²) in [5.74, 6) is -0.702. The minimum atomic E-state index is -0.537.